The lowest BCUT2D eigenvalue weighted by Gasteiger charge is -2.03. The molecule has 0 radical (unpaired) electrons. The summed E-state index contributed by atoms with van der Waals surface area (Å²) in [7, 11) is 0. The van der Waals surface area contributed by atoms with Crippen molar-refractivity contribution in [3.8, 4) is 0 Å². The van der Waals surface area contributed by atoms with Crippen LogP contribution in [-0.4, -0.2) is 22.8 Å². The minimum Gasteiger partial charge on any atom is -0.461 e. The van der Waals surface area contributed by atoms with Crippen LogP contribution in [0.3, 0.4) is 0 Å². The van der Waals surface area contributed by atoms with Crippen LogP contribution in [0.1, 0.15) is 23.8 Å². The highest BCUT2D eigenvalue weighted by atomic mass is 16.5. The number of fused-ring (bicyclic) bond motifs is 1. The van der Waals surface area contributed by atoms with E-state index in [1.807, 2.05) is 0 Å². The van der Waals surface area contributed by atoms with Crippen molar-refractivity contribution in [3.63, 3.8) is 0 Å². The molecule has 1 fully saturated rings. The molecule has 5 nitrogen and oxygen atoms in total. The Morgan fingerprint density at radius 2 is 2.21 bits per heavy atom. The Balaban J connectivity index is 1.85. The van der Waals surface area contributed by atoms with Gasteiger partial charge in [0.25, 0.3) is 0 Å². The van der Waals surface area contributed by atoms with Gasteiger partial charge in [-0.25, -0.2) is 4.79 Å². The zero-order valence-electron chi connectivity index (χ0n) is 10.6. The molecule has 0 unspecified atom stereocenters. The van der Waals surface area contributed by atoms with Crippen LogP contribution >= 0.6 is 0 Å². The minimum atomic E-state index is -0.647. The largest absolute Gasteiger partial charge is 0.461 e. The molecule has 1 heterocycles. The standard InChI is InChI=1S/C14H14N2O3/c1-8-6-9(8)7-19-14(18)12-13(17)10-4-2-3-5-11(10)15-16-12/h2-5,8-9H,6-7H2,1H3,(H,15,17)/t8-,9+/m1/s1. The normalized spacial score (nSPS) is 21.3. The number of carbonyl (C=O) groups excluding carboxylic acids is 1. The van der Waals surface area contributed by atoms with Gasteiger partial charge in [0.2, 0.25) is 11.1 Å². The van der Waals surface area contributed by atoms with E-state index in [2.05, 4.69) is 17.1 Å². The third-order valence-electron chi connectivity index (χ3n) is 3.57. The molecule has 1 aliphatic carbocycles. The van der Waals surface area contributed by atoms with E-state index in [0.717, 1.165) is 6.42 Å². The average molecular weight is 258 g/mol. The van der Waals surface area contributed by atoms with Gasteiger partial charge in [-0.1, -0.05) is 19.1 Å². The van der Waals surface area contributed by atoms with Crippen LogP contribution in [-0.2, 0) is 4.74 Å². The molecule has 1 N–H and O–H groups in total. The van der Waals surface area contributed by atoms with Crippen molar-refractivity contribution < 1.29 is 9.53 Å². The fourth-order valence-corrected chi connectivity index (χ4v) is 2.09. The molecule has 0 aliphatic heterocycles. The fraction of sp³-hybridized carbons (Fsp3) is 0.357. The molecule has 1 aromatic carbocycles. The Kier molecular flexibility index (Phi) is 2.81. The van der Waals surface area contributed by atoms with E-state index in [4.69, 9.17) is 4.74 Å². The monoisotopic (exact) mass is 258 g/mol. The summed E-state index contributed by atoms with van der Waals surface area (Å²) in [5, 5.41) is 6.96. The molecular weight excluding hydrogens is 244 g/mol. The highest BCUT2D eigenvalue weighted by molar-refractivity contribution is 5.91. The lowest BCUT2D eigenvalue weighted by molar-refractivity contribution is 0.0472. The quantitative estimate of drug-likeness (QED) is 0.851. The minimum absolute atomic E-state index is 0.174. The molecule has 1 aromatic heterocycles. The van der Waals surface area contributed by atoms with Gasteiger partial charge in [0.1, 0.15) is 0 Å². The average Bonchev–Trinajstić information content (AvgIpc) is 3.13. The summed E-state index contributed by atoms with van der Waals surface area (Å²) >= 11 is 0. The molecule has 0 spiro atoms. The molecule has 0 amide bonds. The van der Waals surface area contributed by atoms with Gasteiger partial charge in [0.15, 0.2) is 0 Å². The van der Waals surface area contributed by atoms with Crippen LogP contribution in [0, 0.1) is 11.8 Å². The molecule has 98 valence electrons. The van der Waals surface area contributed by atoms with Crippen molar-refractivity contribution in [3.05, 3.63) is 40.2 Å². The predicted octanol–water partition coefficient (Wildman–Crippen LogP) is 1.74. The number of esters is 1. The van der Waals surface area contributed by atoms with Gasteiger partial charge in [-0.05, 0) is 30.4 Å². The van der Waals surface area contributed by atoms with Crippen molar-refractivity contribution in [1.82, 2.24) is 10.2 Å². The molecule has 19 heavy (non-hydrogen) atoms. The van der Waals surface area contributed by atoms with Crippen LogP contribution in [0.2, 0.25) is 0 Å². The fourth-order valence-electron chi connectivity index (χ4n) is 2.09. The number of benzene rings is 1. The van der Waals surface area contributed by atoms with Crippen LogP contribution in [0.15, 0.2) is 29.1 Å². The van der Waals surface area contributed by atoms with Crippen LogP contribution < -0.4 is 5.43 Å². The molecule has 3 rings (SSSR count). The first kappa shape index (κ1) is 11.9. The Bertz CT molecular complexity index is 692. The smallest absolute Gasteiger partial charge is 0.362 e. The highest BCUT2D eigenvalue weighted by Crippen LogP contribution is 2.37. The van der Waals surface area contributed by atoms with Gasteiger partial charge in [-0.3, -0.25) is 9.89 Å². The zero-order chi connectivity index (χ0) is 13.4. The number of H-pyrrole nitrogens is 1. The van der Waals surface area contributed by atoms with Gasteiger partial charge in [0.05, 0.1) is 12.1 Å². The molecule has 1 aliphatic rings. The van der Waals surface area contributed by atoms with Crippen LogP contribution in [0.4, 0.5) is 0 Å². The number of rotatable bonds is 3. The molecule has 0 saturated heterocycles. The first-order chi connectivity index (χ1) is 9.16. The zero-order valence-corrected chi connectivity index (χ0v) is 10.6. The van der Waals surface area contributed by atoms with Gasteiger partial charge in [-0.15, -0.1) is 0 Å². The van der Waals surface area contributed by atoms with E-state index in [1.54, 1.807) is 24.3 Å². The summed E-state index contributed by atoms with van der Waals surface area (Å²) in [6, 6.07) is 6.95. The number of nitrogens with zero attached hydrogens (tertiary/aromatic N) is 1. The van der Waals surface area contributed by atoms with Gasteiger partial charge >= 0.3 is 5.97 Å². The number of hydrogen-bond acceptors (Lipinski definition) is 4. The summed E-state index contributed by atoms with van der Waals surface area (Å²) < 4.78 is 5.13. The summed E-state index contributed by atoms with van der Waals surface area (Å²) in [5.41, 5.74) is 0.0510. The number of nitrogens with one attached hydrogen (secondary N) is 1. The third-order valence-corrected chi connectivity index (χ3v) is 3.57. The number of aromatic amines is 1. The van der Waals surface area contributed by atoms with E-state index < -0.39 is 5.97 Å². The molecule has 2 atom stereocenters. The van der Waals surface area contributed by atoms with Crippen molar-refractivity contribution in [2.24, 2.45) is 11.8 Å². The first-order valence-corrected chi connectivity index (χ1v) is 6.31. The molecule has 5 heteroatoms. The predicted molar refractivity (Wildman–Crippen MR) is 69.9 cm³/mol. The first-order valence-electron chi connectivity index (χ1n) is 6.31. The SMILES string of the molecule is C[C@@H]1C[C@H]1COC(=O)c1n[nH]c2ccccc2c1=O. The second kappa shape index (κ2) is 4.50. The summed E-state index contributed by atoms with van der Waals surface area (Å²) in [5.74, 6) is 0.394. The molecule has 2 aromatic rings. The van der Waals surface area contributed by atoms with E-state index in [-0.39, 0.29) is 11.1 Å². The van der Waals surface area contributed by atoms with E-state index in [0.29, 0.717) is 29.3 Å². The van der Waals surface area contributed by atoms with Crippen molar-refractivity contribution in [2.75, 3.05) is 6.61 Å². The summed E-state index contributed by atoms with van der Waals surface area (Å²) in [6.45, 7) is 2.48. The number of ether oxygens (including phenoxy) is 1. The third kappa shape index (κ3) is 2.23. The second-order valence-corrected chi connectivity index (χ2v) is 5.02. The van der Waals surface area contributed by atoms with Crippen molar-refractivity contribution in [1.29, 1.82) is 0 Å². The van der Waals surface area contributed by atoms with Crippen LogP contribution in [0.25, 0.3) is 10.9 Å². The lowest BCUT2D eigenvalue weighted by Crippen LogP contribution is -2.21. The van der Waals surface area contributed by atoms with E-state index in [1.165, 1.54) is 0 Å². The Morgan fingerprint density at radius 3 is 2.95 bits per heavy atom. The summed E-state index contributed by atoms with van der Waals surface area (Å²) in [6.07, 6.45) is 1.08. The Hall–Kier alpha value is -2.17. The van der Waals surface area contributed by atoms with Gasteiger partial charge < -0.3 is 4.74 Å². The topological polar surface area (TPSA) is 72.0 Å². The highest BCUT2D eigenvalue weighted by Gasteiger charge is 2.34. The maximum atomic E-state index is 12.1. The number of aromatic nitrogens is 2. The molecular formula is C14H14N2O3. The summed E-state index contributed by atoms with van der Waals surface area (Å²) in [4.78, 5) is 24.0. The Morgan fingerprint density at radius 1 is 1.47 bits per heavy atom. The van der Waals surface area contributed by atoms with Gasteiger partial charge in [0, 0.05) is 5.39 Å². The molecule has 1 saturated carbocycles. The number of para-hydroxylation sites is 1. The molecule has 0 bridgehead atoms. The number of hydrogen-bond donors (Lipinski definition) is 1. The number of carbonyl (C=O) groups is 1. The van der Waals surface area contributed by atoms with Crippen molar-refractivity contribution in [2.45, 2.75) is 13.3 Å². The van der Waals surface area contributed by atoms with Crippen molar-refractivity contribution >= 4 is 16.9 Å². The lowest BCUT2D eigenvalue weighted by atomic mass is 10.2. The van der Waals surface area contributed by atoms with E-state index in [9.17, 15) is 9.59 Å². The Labute approximate surface area is 109 Å². The second-order valence-electron chi connectivity index (χ2n) is 5.02. The van der Waals surface area contributed by atoms with E-state index >= 15 is 0 Å². The maximum absolute atomic E-state index is 12.1. The van der Waals surface area contributed by atoms with Gasteiger partial charge in [-0.2, -0.15) is 5.10 Å². The maximum Gasteiger partial charge on any atom is 0.362 e. The van der Waals surface area contributed by atoms with Crippen LogP contribution in [0.5, 0.6) is 0 Å².